The maximum atomic E-state index is 10.6. The zero-order chi connectivity index (χ0) is 9.84. The molecule has 0 bridgehead atoms. The van der Waals surface area contributed by atoms with Crippen molar-refractivity contribution in [1.82, 2.24) is 0 Å². The van der Waals surface area contributed by atoms with E-state index < -0.39 is 0 Å². The molecule has 0 atom stereocenters. The first-order valence-corrected chi connectivity index (χ1v) is 4.35. The van der Waals surface area contributed by atoms with Crippen LogP contribution in [0.1, 0.15) is 22.8 Å². The van der Waals surface area contributed by atoms with Gasteiger partial charge in [-0.3, -0.25) is 4.79 Å². The smallest absolute Gasteiger partial charge is 0.150 e. The first-order chi connectivity index (χ1) is 6.22. The van der Waals surface area contributed by atoms with Gasteiger partial charge >= 0.3 is 0 Å². The van der Waals surface area contributed by atoms with Gasteiger partial charge in [-0.15, -0.1) is 0 Å². The first-order valence-electron chi connectivity index (χ1n) is 4.35. The summed E-state index contributed by atoms with van der Waals surface area (Å²) in [4.78, 5) is 10.6. The minimum atomic E-state index is 0.673. The Morgan fingerprint density at radius 1 is 1.54 bits per heavy atom. The van der Waals surface area contributed by atoms with E-state index >= 15 is 0 Å². The Bertz CT molecular complexity index is 321. The molecule has 0 aliphatic heterocycles. The van der Waals surface area contributed by atoms with E-state index in [0.717, 1.165) is 23.9 Å². The monoisotopic (exact) mass is 176 g/mol. The van der Waals surface area contributed by atoms with E-state index in [1.807, 2.05) is 13.9 Å². The Balaban J connectivity index is 3.28. The highest BCUT2D eigenvalue weighted by Gasteiger charge is 2.05. The number of rotatable bonds is 3. The molecule has 0 saturated carbocycles. The van der Waals surface area contributed by atoms with Crippen molar-refractivity contribution in [3.8, 4) is 5.75 Å². The second-order valence-electron chi connectivity index (χ2n) is 2.99. The summed E-state index contributed by atoms with van der Waals surface area (Å²) in [7, 11) is 3.62. The van der Waals surface area contributed by atoms with Crippen LogP contribution in [0, 0.1) is 0 Å². The Kier molecular flexibility index (Phi) is 3.12. The van der Waals surface area contributed by atoms with Crippen molar-refractivity contribution in [2.75, 3.05) is 7.11 Å². The fourth-order valence-electron chi connectivity index (χ4n) is 1.51. The van der Waals surface area contributed by atoms with Crippen molar-refractivity contribution in [3.63, 3.8) is 0 Å². The zero-order valence-electron chi connectivity index (χ0n) is 8.26. The van der Waals surface area contributed by atoms with Crippen LogP contribution in [0.25, 0.3) is 0 Å². The van der Waals surface area contributed by atoms with Gasteiger partial charge in [-0.1, -0.05) is 18.5 Å². The fourth-order valence-corrected chi connectivity index (χ4v) is 1.51. The van der Waals surface area contributed by atoms with Crippen LogP contribution in [0.4, 0.5) is 0 Å². The number of hydrogen-bond acceptors (Lipinski definition) is 2. The van der Waals surface area contributed by atoms with Crippen LogP contribution in [0.5, 0.6) is 5.75 Å². The topological polar surface area (TPSA) is 26.3 Å². The van der Waals surface area contributed by atoms with Crippen molar-refractivity contribution in [2.45, 2.75) is 13.3 Å². The maximum Gasteiger partial charge on any atom is 0.150 e. The molecule has 1 aromatic rings. The fraction of sp³-hybridized carbons (Fsp3) is 0.300. The highest BCUT2D eigenvalue weighted by Crippen LogP contribution is 2.17. The lowest BCUT2D eigenvalue weighted by molar-refractivity contribution is 0.112. The number of ether oxygens (including phenoxy) is 1. The Morgan fingerprint density at radius 2 is 2.23 bits per heavy atom. The standard InChI is InChI=1S/C10H13BO2/c1-3-8-9(11)4-7(6-12)5-10(8)13-2/h4-6H,3,11H2,1-2H3. The van der Waals surface area contributed by atoms with Crippen molar-refractivity contribution >= 4 is 19.6 Å². The Morgan fingerprint density at radius 3 is 2.69 bits per heavy atom. The molecule has 0 radical (unpaired) electrons. The SMILES string of the molecule is Bc1cc(C=O)cc(OC)c1CC. The van der Waals surface area contributed by atoms with Gasteiger partial charge in [-0.05, 0) is 18.1 Å². The predicted octanol–water partition coefficient (Wildman–Crippen LogP) is 0.329. The third-order valence-electron chi connectivity index (χ3n) is 2.16. The summed E-state index contributed by atoms with van der Waals surface area (Å²) < 4.78 is 5.20. The van der Waals surface area contributed by atoms with Crippen LogP contribution in [0.2, 0.25) is 0 Å². The highest BCUT2D eigenvalue weighted by molar-refractivity contribution is 6.34. The molecule has 3 heteroatoms. The van der Waals surface area contributed by atoms with E-state index in [1.54, 1.807) is 13.2 Å². The van der Waals surface area contributed by atoms with Gasteiger partial charge in [0.1, 0.15) is 19.9 Å². The Labute approximate surface area is 79.3 Å². The third-order valence-corrected chi connectivity index (χ3v) is 2.16. The summed E-state index contributed by atoms with van der Waals surface area (Å²) in [5.41, 5.74) is 2.96. The molecule has 0 amide bonds. The van der Waals surface area contributed by atoms with Crippen molar-refractivity contribution in [3.05, 3.63) is 23.3 Å². The summed E-state index contributed by atoms with van der Waals surface area (Å²) in [5, 5.41) is 0. The predicted molar refractivity (Wildman–Crippen MR) is 55.9 cm³/mol. The largest absolute Gasteiger partial charge is 0.496 e. The molecular formula is C10H13BO2. The average molecular weight is 176 g/mol. The lowest BCUT2D eigenvalue weighted by atomic mass is 9.87. The van der Waals surface area contributed by atoms with Crippen LogP contribution in [0.3, 0.4) is 0 Å². The number of aldehydes is 1. The van der Waals surface area contributed by atoms with Gasteiger partial charge in [0.2, 0.25) is 0 Å². The van der Waals surface area contributed by atoms with Crippen molar-refractivity contribution in [1.29, 1.82) is 0 Å². The molecule has 0 unspecified atom stereocenters. The van der Waals surface area contributed by atoms with Crippen LogP contribution < -0.4 is 10.2 Å². The van der Waals surface area contributed by atoms with E-state index in [9.17, 15) is 4.79 Å². The molecule has 1 aromatic carbocycles. The molecule has 0 aliphatic rings. The van der Waals surface area contributed by atoms with Crippen LogP contribution in [-0.4, -0.2) is 21.2 Å². The van der Waals surface area contributed by atoms with Gasteiger partial charge in [0.15, 0.2) is 0 Å². The van der Waals surface area contributed by atoms with E-state index in [4.69, 9.17) is 4.74 Å². The quantitative estimate of drug-likeness (QED) is 0.490. The Hall–Kier alpha value is -1.25. The lowest BCUT2D eigenvalue weighted by Crippen LogP contribution is -2.12. The maximum absolute atomic E-state index is 10.6. The second kappa shape index (κ2) is 4.12. The normalized spacial score (nSPS) is 9.69. The van der Waals surface area contributed by atoms with Gasteiger partial charge in [0.25, 0.3) is 0 Å². The highest BCUT2D eigenvalue weighted by atomic mass is 16.5. The van der Waals surface area contributed by atoms with E-state index in [2.05, 4.69) is 6.92 Å². The molecule has 0 fully saturated rings. The summed E-state index contributed by atoms with van der Waals surface area (Å²) in [6, 6.07) is 3.66. The number of methoxy groups -OCH3 is 1. The number of hydrogen-bond donors (Lipinski definition) is 0. The number of carbonyl (C=O) groups is 1. The van der Waals surface area contributed by atoms with E-state index in [0.29, 0.717) is 5.56 Å². The molecular weight excluding hydrogens is 163 g/mol. The first kappa shape index (κ1) is 9.84. The molecule has 0 saturated heterocycles. The average Bonchev–Trinajstić information content (AvgIpc) is 2.16. The van der Waals surface area contributed by atoms with Gasteiger partial charge in [0.05, 0.1) is 7.11 Å². The molecule has 0 aromatic heterocycles. The zero-order valence-corrected chi connectivity index (χ0v) is 8.26. The molecule has 0 heterocycles. The minimum Gasteiger partial charge on any atom is -0.496 e. The van der Waals surface area contributed by atoms with Gasteiger partial charge in [-0.2, -0.15) is 0 Å². The molecule has 0 aliphatic carbocycles. The summed E-state index contributed by atoms with van der Waals surface area (Å²) in [6.07, 6.45) is 1.77. The summed E-state index contributed by atoms with van der Waals surface area (Å²) in [6.45, 7) is 2.07. The van der Waals surface area contributed by atoms with Gasteiger partial charge in [-0.25, -0.2) is 0 Å². The van der Waals surface area contributed by atoms with Crippen LogP contribution in [-0.2, 0) is 6.42 Å². The van der Waals surface area contributed by atoms with Gasteiger partial charge < -0.3 is 4.74 Å². The number of carbonyl (C=O) groups excluding carboxylic acids is 1. The molecule has 0 N–H and O–H groups in total. The van der Waals surface area contributed by atoms with E-state index in [1.165, 1.54) is 5.56 Å². The van der Waals surface area contributed by atoms with Gasteiger partial charge in [0, 0.05) is 5.56 Å². The lowest BCUT2D eigenvalue weighted by Gasteiger charge is -2.10. The minimum absolute atomic E-state index is 0.673. The second-order valence-corrected chi connectivity index (χ2v) is 2.99. The van der Waals surface area contributed by atoms with Crippen LogP contribution >= 0.6 is 0 Å². The molecule has 1 rings (SSSR count). The summed E-state index contributed by atoms with van der Waals surface area (Å²) in [5.74, 6) is 0.810. The molecule has 2 nitrogen and oxygen atoms in total. The number of benzene rings is 1. The molecule has 13 heavy (non-hydrogen) atoms. The summed E-state index contributed by atoms with van der Waals surface area (Å²) >= 11 is 0. The van der Waals surface area contributed by atoms with Crippen molar-refractivity contribution in [2.24, 2.45) is 0 Å². The third kappa shape index (κ3) is 1.91. The molecule has 0 spiro atoms. The molecule has 68 valence electrons. The van der Waals surface area contributed by atoms with E-state index in [-0.39, 0.29) is 0 Å². The van der Waals surface area contributed by atoms with Crippen molar-refractivity contribution < 1.29 is 9.53 Å². The van der Waals surface area contributed by atoms with Crippen LogP contribution in [0.15, 0.2) is 12.1 Å².